The lowest BCUT2D eigenvalue weighted by Gasteiger charge is -2.62. The molecule has 0 radical (unpaired) electrons. The third kappa shape index (κ3) is 4.42. The largest absolute Gasteiger partial charge is 0.497 e. The molecule has 3 aliphatic rings. The highest BCUT2D eigenvalue weighted by Crippen LogP contribution is 2.61. The number of hydrogen-bond acceptors (Lipinski definition) is 4. The summed E-state index contributed by atoms with van der Waals surface area (Å²) in [5.74, 6) is 1.66. The number of carbonyl (C=O) groups excluding carboxylic acids is 1. The molecule has 0 saturated heterocycles. The first-order valence-corrected chi connectivity index (χ1v) is 12.4. The topological polar surface area (TPSA) is 75.6 Å². The summed E-state index contributed by atoms with van der Waals surface area (Å²) in [4.78, 5) is 24.0. The number of amides is 1. The molecule has 3 saturated carbocycles. The lowest BCUT2D eigenvalue weighted by Crippen LogP contribution is -2.63. The minimum atomic E-state index is -0.741. The molecule has 2 aromatic rings. The van der Waals surface area contributed by atoms with Gasteiger partial charge in [-0.05, 0) is 73.5 Å². The summed E-state index contributed by atoms with van der Waals surface area (Å²) >= 11 is 1.59. The van der Waals surface area contributed by atoms with Crippen LogP contribution in [0.4, 0.5) is 0 Å². The predicted octanol–water partition coefficient (Wildman–Crippen LogP) is 5.89. The molecule has 5 nitrogen and oxygen atoms in total. The third-order valence-corrected chi connectivity index (χ3v) is 8.73. The molecule has 4 atom stereocenters. The second-order valence-electron chi connectivity index (χ2n) is 9.86. The highest BCUT2D eigenvalue weighted by atomic mass is 32.1. The summed E-state index contributed by atoms with van der Waals surface area (Å²) in [5, 5.41) is 15.1. The van der Waals surface area contributed by atoms with Gasteiger partial charge < -0.3 is 15.2 Å². The zero-order valence-electron chi connectivity index (χ0n) is 19.1. The minimum Gasteiger partial charge on any atom is -0.497 e. The van der Waals surface area contributed by atoms with Gasteiger partial charge >= 0.3 is 5.97 Å². The van der Waals surface area contributed by atoms with Gasteiger partial charge in [0.25, 0.3) is 5.91 Å². The van der Waals surface area contributed by atoms with E-state index in [9.17, 15) is 9.59 Å². The number of benzene rings is 1. The van der Waals surface area contributed by atoms with Gasteiger partial charge in [-0.25, -0.2) is 0 Å². The van der Waals surface area contributed by atoms with Crippen LogP contribution in [0, 0.1) is 23.2 Å². The molecule has 0 unspecified atom stereocenters. The molecule has 0 aliphatic heterocycles. The summed E-state index contributed by atoms with van der Waals surface area (Å²) in [6, 6.07) is 6.04. The zero-order chi connectivity index (χ0) is 22.9. The molecule has 1 heterocycles. The van der Waals surface area contributed by atoms with E-state index >= 15 is 0 Å². The van der Waals surface area contributed by atoms with Crippen molar-refractivity contribution in [2.45, 2.75) is 58.4 Å². The first-order chi connectivity index (χ1) is 15.3. The minimum absolute atomic E-state index is 0.00564. The second kappa shape index (κ2) is 9.26. The fourth-order valence-corrected chi connectivity index (χ4v) is 6.59. The molecule has 3 fully saturated rings. The summed E-state index contributed by atoms with van der Waals surface area (Å²) < 4.78 is 6.45. The lowest BCUT2D eigenvalue weighted by molar-refractivity contribution is -0.137. The Kier molecular flexibility index (Phi) is 6.61. The Balaban J connectivity index is 1.47. The number of carboxylic acids is 1. The van der Waals surface area contributed by atoms with Crippen molar-refractivity contribution >= 4 is 33.3 Å². The van der Waals surface area contributed by atoms with Crippen LogP contribution in [0.3, 0.4) is 0 Å². The van der Waals surface area contributed by atoms with Crippen molar-refractivity contribution < 1.29 is 19.4 Å². The number of rotatable bonds is 9. The number of methoxy groups -OCH3 is 1. The van der Waals surface area contributed by atoms with E-state index in [1.54, 1.807) is 18.4 Å². The summed E-state index contributed by atoms with van der Waals surface area (Å²) in [5.41, 5.74) is 0.991. The van der Waals surface area contributed by atoms with Crippen LogP contribution in [0.1, 0.15) is 62.7 Å². The van der Waals surface area contributed by atoms with E-state index in [1.165, 1.54) is 6.42 Å². The number of unbranched alkanes of at least 4 members (excludes halogenated alkanes) is 1. The van der Waals surface area contributed by atoms with Crippen LogP contribution in [0.25, 0.3) is 10.1 Å². The molecule has 172 valence electrons. The fourth-order valence-electron chi connectivity index (χ4n) is 5.67. The quantitative estimate of drug-likeness (QED) is 0.365. The Bertz CT molecular complexity index is 1020. The van der Waals surface area contributed by atoms with Crippen molar-refractivity contribution in [3.05, 3.63) is 41.3 Å². The smallest absolute Gasteiger partial charge is 0.303 e. The number of nitrogens with one attached hydrogen (secondary N) is 1. The van der Waals surface area contributed by atoms with E-state index in [2.05, 4.69) is 31.3 Å². The van der Waals surface area contributed by atoms with Gasteiger partial charge in [0.2, 0.25) is 0 Å². The average molecular weight is 456 g/mol. The molecule has 2 N–H and O–H groups in total. The SMILES string of the molecule is COc1ccc2scc(C(=O)N[C@@H]3[C@H](CC=CCCCC(=O)O)C[C@@H]4C[C@H]3C4(C)C)c2c1. The molecule has 0 spiro atoms. The Labute approximate surface area is 193 Å². The number of thiophene rings is 1. The van der Waals surface area contributed by atoms with Crippen molar-refractivity contribution in [1.82, 2.24) is 5.32 Å². The van der Waals surface area contributed by atoms with Gasteiger partial charge in [0.1, 0.15) is 5.75 Å². The third-order valence-electron chi connectivity index (χ3n) is 7.76. The Hall–Kier alpha value is -2.34. The van der Waals surface area contributed by atoms with Crippen LogP contribution in [0.2, 0.25) is 0 Å². The van der Waals surface area contributed by atoms with E-state index in [0.717, 1.165) is 46.6 Å². The molecule has 3 aliphatic carbocycles. The van der Waals surface area contributed by atoms with Crippen LogP contribution < -0.4 is 10.1 Å². The highest BCUT2D eigenvalue weighted by molar-refractivity contribution is 7.17. The second-order valence-corrected chi connectivity index (χ2v) is 10.8. The van der Waals surface area contributed by atoms with Gasteiger partial charge in [0, 0.05) is 27.9 Å². The van der Waals surface area contributed by atoms with Crippen molar-refractivity contribution in [3.63, 3.8) is 0 Å². The molecule has 1 aromatic heterocycles. The van der Waals surface area contributed by atoms with Crippen molar-refractivity contribution in [3.8, 4) is 5.75 Å². The number of carboxylic acid groups (broad SMARTS) is 1. The highest BCUT2D eigenvalue weighted by Gasteiger charge is 2.57. The number of ether oxygens (including phenoxy) is 1. The summed E-state index contributed by atoms with van der Waals surface area (Å²) in [6.07, 6.45) is 9.21. The molecule has 5 rings (SSSR count). The number of allylic oxidation sites excluding steroid dienone is 2. The normalized spacial score (nSPS) is 26.1. The standard InChI is InChI=1S/C26H33NO4S/c1-26(2)17-12-16(8-6-4-5-7-9-23(28)29)24(21(26)13-17)27-25(30)20-15-32-22-11-10-18(31-3)14-19(20)22/h4,6,10-11,14-17,21,24H,5,7-9,12-13H2,1-3H3,(H,27,30)(H,28,29)/t16-,17-,21-,24-/m1/s1. The van der Waals surface area contributed by atoms with E-state index < -0.39 is 5.97 Å². The van der Waals surface area contributed by atoms with Crippen molar-refractivity contribution in [2.24, 2.45) is 23.2 Å². The number of aliphatic carboxylic acids is 1. The van der Waals surface area contributed by atoms with Crippen LogP contribution in [-0.4, -0.2) is 30.1 Å². The van der Waals surface area contributed by atoms with E-state index in [-0.39, 0.29) is 23.8 Å². The van der Waals surface area contributed by atoms with E-state index in [1.807, 2.05) is 23.6 Å². The first kappa shape index (κ1) is 22.8. The maximum Gasteiger partial charge on any atom is 0.303 e. The average Bonchev–Trinajstić information content (AvgIpc) is 3.19. The van der Waals surface area contributed by atoms with E-state index in [4.69, 9.17) is 9.84 Å². The van der Waals surface area contributed by atoms with Gasteiger partial charge in [0.05, 0.1) is 12.7 Å². The predicted molar refractivity (Wildman–Crippen MR) is 128 cm³/mol. The lowest BCUT2D eigenvalue weighted by atomic mass is 9.44. The Morgan fingerprint density at radius 2 is 2.09 bits per heavy atom. The fraction of sp³-hybridized carbons (Fsp3) is 0.538. The van der Waals surface area contributed by atoms with Crippen LogP contribution in [-0.2, 0) is 4.79 Å². The van der Waals surface area contributed by atoms with Crippen LogP contribution in [0.15, 0.2) is 35.7 Å². The number of hydrogen-bond donors (Lipinski definition) is 2. The molecular weight excluding hydrogens is 422 g/mol. The molecular formula is C26H33NO4S. The van der Waals surface area contributed by atoms with Crippen LogP contribution in [0.5, 0.6) is 5.75 Å². The molecule has 32 heavy (non-hydrogen) atoms. The van der Waals surface area contributed by atoms with Gasteiger partial charge in [-0.1, -0.05) is 26.0 Å². The monoisotopic (exact) mass is 455 g/mol. The zero-order valence-corrected chi connectivity index (χ0v) is 19.9. The molecule has 2 bridgehead atoms. The Morgan fingerprint density at radius 1 is 1.28 bits per heavy atom. The number of carbonyl (C=O) groups is 2. The van der Waals surface area contributed by atoms with Crippen molar-refractivity contribution in [2.75, 3.05) is 7.11 Å². The number of fused-ring (bicyclic) bond motifs is 3. The summed E-state index contributed by atoms with van der Waals surface area (Å²) in [6.45, 7) is 4.68. The van der Waals surface area contributed by atoms with Gasteiger partial charge in [-0.15, -0.1) is 11.3 Å². The van der Waals surface area contributed by atoms with Crippen LogP contribution >= 0.6 is 11.3 Å². The van der Waals surface area contributed by atoms with E-state index in [0.29, 0.717) is 18.3 Å². The molecule has 1 amide bonds. The maximum absolute atomic E-state index is 13.4. The molecule has 6 heteroatoms. The van der Waals surface area contributed by atoms with Gasteiger partial charge in [-0.2, -0.15) is 0 Å². The Morgan fingerprint density at radius 3 is 2.81 bits per heavy atom. The summed E-state index contributed by atoms with van der Waals surface area (Å²) in [7, 11) is 1.64. The van der Waals surface area contributed by atoms with Gasteiger partial charge in [0.15, 0.2) is 0 Å². The first-order valence-electron chi connectivity index (χ1n) is 11.5. The van der Waals surface area contributed by atoms with Crippen molar-refractivity contribution in [1.29, 1.82) is 0 Å². The molecule has 1 aromatic carbocycles. The van der Waals surface area contributed by atoms with Gasteiger partial charge in [-0.3, -0.25) is 9.59 Å². The maximum atomic E-state index is 13.4.